The van der Waals surface area contributed by atoms with Crippen molar-refractivity contribution >= 4 is 5.91 Å². The van der Waals surface area contributed by atoms with Gasteiger partial charge in [-0.1, -0.05) is 60.7 Å². The van der Waals surface area contributed by atoms with Crippen molar-refractivity contribution in [1.82, 2.24) is 20.0 Å². The quantitative estimate of drug-likeness (QED) is 0.708. The molecule has 31 heavy (non-hydrogen) atoms. The molecule has 3 aromatic rings. The Labute approximate surface area is 182 Å². The summed E-state index contributed by atoms with van der Waals surface area (Å²) in [7, 11) is 0. The molecule has 2 saturated heterocycles. The molecule has 6 nitrogen and oxygen atoms in total. The monoisotopic (exact) mass is 416 g/mol. The molecule has 0 bridgehead atoms. The molecule has 2 aromatic carbocycles. The van der Waals surface area contributed by atoms with Gasteiger partial charge in [0.25, 0.3) is 5.91 Å². The minimum atomic E-state index is 0.0462. The number of fused-ring (bicyclic) bond motifs is 1. The van der Waals surface area contributed by atoms with Gasteiger partial charge in [0.05, 0.1) is 30.7 Å². The summed E-state index contributed by atoms with van der Waals surface area (Å²) in [6.07, 6.45) is 2.62. The number of piperidine rings is 1. The molecule has 2 aliphatic heterocycles. The van der Waals surface area contributed by atoms with Crippen molar-refractivity contribution in [3.8, 4) is 11.3 Å². The maximum atomic E-state index is 13.4. The fraction of sp³-hybridized carbons (Fsp3) is 0.360. The van der Waals surface area contributed by atoms with E-state index in [-0.39, 0.29) is 5.91 Å². The molecule has 0 aliphatic carbocycles. The SMILES string of the molecule is O=C(c1cn[nH]c1-c1ccccc1)N1CC[C@@H]2[C@@H](COCCN2Cc2ccccc2)C1. The maximum Gasteiger partial charge on any atom is 0.257 e. The molecule has 3 heterocycles. The lowest BCUT2D eigenvalue weighted by atomic mass is 9.90. The van der Waals surface area contributed by atoms with Gasteiger partial charge in [-0.3, -0.25) is 14.8 Å². The van der Waals surface area contributed by atoms with Crippen LogP contribution in [-0.4, -0.2) is 64.8 Å². The Hall–Kier alpha value is -2.96. The van der Waals surface area contributed by atoms with Gasteiger partial charge in [-0.25, -0.2) is 0 Å². The zero-order valence-electron chi connectivity index (χ0n) is 17.6. The van der Waals surface area contributed by atoms with E-state index in [9.17, 15) is 4.79 Å². The Morgan fingerprint density at radius 1 is 1.06 bits per heavy atom. The van der Waals surface area contributed by atoms with Crippen LogP contribution in [0.3, 0.4) is 0 Å². The van der Waals surface area contributed by atoms with E-state index in [1.54, 1.807) is 6.20 Å². The molecule has 1 amide bonds. The number of hydrogen-bond donors (Lipinski definition) is 1. The predicted molar refractivity (Wildman–Crippen MR) is 119 cm³/mol. The van der Waals surface area contributed by atoms with Crippen molar-refractivity contribution < 1.29 is 9.53 Å². The summed E-state index contributed by atoms with van der Waals surface area (Å²) in [6.45, 7) is 4.78. The molecule has 160 valence electrons. The number of rotatable bonds is 4. The van der Waals surface area contributed by atoms with E-state index < -0.39 is 0 Å². The second-order valence-electron chi connectivity index (χ2n) is 8.42. The van der Waals surface area contributed by atoms with E-state index in [2.05, 4.69) is 45.4 Å². The van der Waals surface area contributed by atoms with E-state index in [1.165, 1.54) is 5.56 Å². The van der Waals surface area contributed by atoms with E-state index in [0.29, 0.717) is 30.7 Å². The first kappa shape index (κ1) is 20.0. The summed E-state index contributed by atoms with van der Waals surface area (Å²) in [5.41, 5.74) is 3.73. The summed E-state index contributed by atoms with van der Waals surface area (Å²) in [5.74, 6) is 0.362. The number of nitrogens with zero attached hydrogens (tertiary/aromatic N) is 3. The van der Waals surface area contributed by atoms with E-state index in [4.69, 9.17) is 4.74 Å². The molecule has 2 fully saturated rings. The summed E-state index contributed by atoms with van der Waals surface area (Å²) in [5, 5.41) is 7.18. The third-order valence-electron chi connectivity index (χ3n) is 6.47. The number of H-pyrrole nitrogens is 1. The number of likely N-dealkylation sites (tertiary alicyclic amines) is 1. The Morgan fingerprint density at radius 3 is 2.65 bits per heavy atom. The molecule has 1 aromatic heterocycles. The van der Waals surface area contributed by atoms with E-state index in [1.807, 2.05) is 35.2 Å². The van der Waals surface area contributed by atoms with Crippen LogP contribution in [0.5, 0.6) is 0 Å². The van der Waals surface area contributed by atoms with Gasteiger partial charge in [-0.2, -0.15) is 5.10 Å². The first-order valence-corrected chi connectivity index (χ1v) is 11.0. The zero-order valence-corrected chi connectivity index (χ0v) is 17.6. The summed E-state index contributed by atoms with van der Waals surface area (Å²) >= 11 is 0. The Bertz CT molecular complexity index is 1000. The van der Waals surface area contributed by atoms with E-state index >= 15 is 0 Å². The lowest BCUT2D eigenvalue weighted by molar-refractivity contribution is 0.0371. The molecular weight excluding hydrogens is 388 g/mol. The molecule has 0 radical (unpaired) electrons. The second-order valence-corrected chi connectivity index (χ2v) is 8.42. The highest BCUT2D eigenvalue weighted by atomic mass is 16.5. The smallest absolute Gasteiger partial charge is 0.257 e. The van der Waals surface area contributed by atoms with Gasteiger partial charge >= 0.3 is 0 Å². The number of hydrogen-bond acceptors (Lipinski definition) is 4. The number of nitrogens with one attached hydrogen (secondary N) is 1. The number of benzene rings is 2. The standard InChI is InChI=1S/C25H28N4O2/c30-25(22-15-26-27-24(22)20-9-5-2-6-10-20)29-12-11-23-21(17-29)18-31-14-13-28(23)16-19-7-3-1-4-8-19/h1-10,15,21,23H,11-14,16-18H2,(H,26,27)/t21-,23-/m1/s1. The zero-order chi connectivity index (χ0) is 21.0. The second kappa shape index (κ2) is 9.04. The van der Waals surface area contributed by atoms with Crippen molar-refractivity contribution in [1.29, 1.82) is 0 Å². The average molecular weight is 417 g/mol. The molecule has 5 rings (SSSR count). The molecule has 2 atom stereocenters. The van der Waals surface area contributed by atoms with Crippen LogP contribution in [0.2, 0.25) is 0 Å². The van der Waals surface area contributed by atoms with Gasteiger partial charge in [0, 0.05) is 43.7 Å². The average Bonchev–Trinajstić information content (AvgIpc) is 3.23. The topological polar surface area (TPSA) is 61.5 Å². The van der Waals surface area contributed by atoms with Crippen molar-refractivity contribution in [2.45, 2.75) is 19.0 Å². The van der Waals surface area contributed by atoms with Crippen LogP contribution >= 0.6 is 0 Å². The molecule has 0 saturated carbocycles. The number of aromatic nitrogens is 2. The molecule has 0 unspecified atom stereocenters. The van der Waals surface area contributed by atoms with Gasteiger partial charge in [0.15, 0.2) is 0 Å². The van der Waals surface area contributed by atoms with Crippen LogP contribution in [0.4, 0.5) is 0 Å². The van der Waals surface area contributed by atoms with Crippen LogP contribution in [0.15, 0.2) is 66.9 Å². The van der Waals surface area contributed by atoms with Crippen molar-refractivity contribution in [2.75, 3.05) is 32.8 Å². The van der Waals surface area contributed by atoms with Gasteiger partial charge in [0.2, 0.25) is 0 Å². The summed E-state index contributed by atoms with van der Waals surface area (Å²) < 4.78 is 5.95. The number of aromatic amines is 1. The number of amides is 1. The largest absolute Gasteiger partial charge is 0.380 e. The highest BCUT2D eigenvalue weighted by Gasteiger charge is 2.37. The molecule has 1 N–H and O–H groups in total. The highest BCUT2D eigenvalue weighted by Crippen LogP contribution is 2.29. The number of carbonyl (C=O) groups is 1. The normalized spacial score (nSPS) is 22.0. The third-order valence-corrected chi connectivity index (χ3v) is 6.47. The fourth-order valence-electron chi connectivity index (χ4n) is 4.89. The van der Waals surface area contributed by atoms with Gasteiger partial charge in [0.1, 0.15) is 0 Å². The number of carbonyl (C=O) groups excluding carboxylic acids is 1. The van der Waals surface area contributed by atoms with Gasteiger partial charge in [-0.15, -0.1) is 0 Å². The Balaban J connectivity index is 1.31. The molecule has 6 heteroatoms. The van der Waals surface area contributed by atoms with Gasteiger partial charge in [-0.05, 0) is 12.0 Å². The first-order chi connectivity index (χ1) is 15.3. The Kier molecular flexibility index (Phi) is 5.82. The summed E-state index contributed by atoms with van der Waals surface area (Å²) in [4.78, 5) is 17.9. The third kappa shape index (κ3) is 4.27. The van der Waals surface area contributed by atoms with Crippen molar-refractivity contribution in [3.05, 3.63) is 78.0 Å². The Morgan fingerprint density at radius 2 is 1.84 bits per heavy atom. The maximum absolute atomic E-state index is 13.4. The predicted octanol–water partition coefficient (Wildman–Crippen LogP) is 3.44. The number of ether oxygens (including phenoxy) is 1. The van der Waals surface area contributed by atoms with Gasteiger partial charge < -0.3 is 9.64 Å². The van der Waals surface area contributed by atoms with Crippen LogP contribution in [0.25, 0.3) is 11.3 Å². The minimum absolute atomic E-state index is 0.0462. The molecule has 0 spiro atoms. The lowest BCUT2D eigenvalue weighted by Crippen LogP contribution is -2.52. The highest BCUT2D eigenvalue weighted by molar-refractivity contribution is 5.99. The first-order valence-electron chi connectivity index (χ1n) is 11.0. The van der Waals surface area contributed by atoms with Crippen LogP contribution < -0.4 is 0 Å². The van der Waals surface area contributed by atoms with Crippen LogP contribution in [-0.2, 0) is 11.3 Å². The minimum Gasteiger partial charge on any atom is -0.380 e. The molecule has 2 aliphatic rings. The van der Waals surface area contributed by atoms with E-state index in [0.717, 1.165) is 43.9 Å². The summed E-state index contributed by atoms with van der Waals surface area (Å²) in [6, 6.07) is 21.0. The van der Waals surface area contributed by atoms with Crippen LogP contribution in [0, 0.1) is 5.92 Å². The fourth-order valence-corrected chi connectivity index (χ4v) is 4.89. The lowest BCUT2D eigenvalue weighted by Gasteiger charge is -2.42. The molecular formula is C25H28N4O2. The van der Waals surface area contributed by atoms with Crippen molar-refractivity contribution in [2.24, 2.45) is 5.92 Å². The van der Waals surface area contributed by atoms with Crippen molar-refractivity contribution in [3.63, 3.8) is 0 Å². The van der Waals surface area contributed by atoms with Crippen LogP contribution in [0.1, 0.15) is 22.3 Å².